The van der Waals surface area contributed by atoms with Crippen LogP contribution in [0.4, 0.5) is 0 Å². The van der Waals surface area contributed by atoms with Gasteiger partial charge in [-0.1, -0.05) is 25.7 Å². The zero-order valence-electron chi connectivity index (χ0n) is 13.0. The number of hydrogen-bond donors (Lipinski definition) is 2. The summed E-state index contributed by atoms with van der Waals surface area (Å²) in [7, 11) is 0. The predicted octanol–water partition coefficient (Wildman–Crippen LogP) is 3.10. The van der Waals surface area contributed by atoms with Gasteiger partial charge < -0.3 is 10.3 Å². The van der Waals surface area contributed by atoms with Gasteiger partial charge in [-0.25, -0.2) is 4.98 Å². The van der Waals surface area contributed by atoms with Crippen molar-refractivity contribution in [2.24, 2.45) is 0 Å². The van der Waals surface area contributed by atoms with Crippen molar-refractivity contribution >= 4 is 0 Å². The molecule has 2 N–H and O–H groups in total. The second-order valence-corrected chi connectivity index (χ2v) is 6.91. The average molecular weight is 277 g/mol. The summed E-state index contributed by atoms with van der Waals surface area (Å²) in [6.07, 6.45) is 7.42. The molecule has 1 fully saturated rings. The predicted molar refractivity (Wildman–Crippen MR) is 81.9 cm³/mol. The Morgan fingerprint density at radius 3 is 2.50 bits per heavy atom. The third-order valence-electron chi connectivity index (χ3n) is 3.85. The summed E-state index contributed by atoms with van der Waals surface area (Å²) in [5, 5.41) is 3.39. The summed E-state index contributed by atoms with van der Waals surface area (Å²) >= 11 is 0. The summed E-state index contributed by atoms with van der Waals surface area (Å²) in [5.41, 5.74) is 0.861. The first-order chi connectivity index (χ1) is 9.44. The maximum Gasteiger partial charge on any atom is 0.251 e. The van der Waals surface area contributed by atoms with Crippen LogP contribution in [0.2, 0.25) is 0 Å². The van der Waals surface area contributed by atoms with E-state index in [2.05, 4.69) is 36.1 Å². The quantitative estimate of drug-likeness (QED) is 0.835. The molecule has 0 atom stereocenters. The maximum absolute atomic E-state index is 11.8. The molecule has 112 valence electrons. The Kier molecular flexibility index (Phi) is 4.97. The Morgan fingerprint density at radius 2 is 1.90 bits per heavy atom. The van der Waals surface area contributed by atoms with Crippen molar-refractivity contribution in [3.8, 4) is 0 Å². The van der Waals surface area contributed by atoms with E-state index in [1.807, 2.05) is 0 Å². The molecule has 1 aliphatic rings. The first kappa shape index (κ1) is 15.2. The second kappa shape index (κ2) is 6.53. The molecule has 2 rings (SSSR count). The van der Waals surface area contributed by atoms with Gasteiger partial charge in [-0.15, -0.1) is 0 Å². The lowest BCUT2D eigenvalue weighted by Crippen LogP contribution is -2.35. The highest BCUT2D eigenvalue weighted by Gasteiger charge is 2.17. The molecular formula is C16H27N3O. The molecule has 1 aliphatic carbocycles. The Hall–Kier alpha value is -1.16. The summed E-state index contributed by atoms with van der Waals surface area (Å²) in [6.45, 7) is 7.00. The van der Waals surface area contributed by atoms with Crippen LogP contribution in [-0.2, 0) is 6.54 Å². The molecule has 0 aromatic carbocycles. The second-order valence-electron chi connectivity index (χ2n) is 6.91. The van der Waals surface area contributed by atoms with Gasteiger partial charge in [0.15, 0.2) is 0 Å². The number of nitrogens with one attached hydrogen (secondary N) is 2. The van der Waals surface area contributed by atoms with Gasteiger partial charge in [0.1, 0.15) is 5.82 Å². The fourth-order valence-corrected chi connectivity index (χ4v) is 2.72. The van der Waals surface area contributed by atoms with Crippen LogP contribution in [0, 0.1) is 0 Å². The number of hydrogen-bond acceptors (Lipinski definition) is 3. The molecule has 0 aliphatic heterocycles. The molecule has 4 heteroatoms. The smallest absolute Gasteiger partial charge is 0.251 e. The lowest BCUT2D eigenvalue weighted by molar-refractivity contribution is 0.419. The third kappa shape index (κ3) is 4.75. The standard InChI is InChI=1S/C16H27N3O/c1-16(2,3)17-11-13-10-14(20)19-15(18-13)12-8-6-4-5-7-9-12/h10,12,17H,4-9,11H2,1-3H3,(H,18,19,20). The molecule has 1 heterocycles. The first-order valence-electron chi connectivity index (χ1n) is 7.79. The van der Waals surface area contributed by atoms with E-state index in [4.69, 9.17) is 0 Å². The molecule has 1 aromatic heterocycles. The van der Waals surface area contributed by atoms with Crippen LogP contribution in [0.5, 0.6) is 0 Å². The van der Waals surface area contributed by atoms with Gasteiger partial charge in [-0.3, -0.25) is 4.79 Å². The SMILES string of the molecule is CC(C)(C)NCc1cc(=O)[nH]c(C2CCCCCC2)n1. The molecule has 0 unspecified atom stereocenters. The fraction of sp³-hybridized carbons (Fsp3) is 0.750. The molecule has 0 spiro atoms. The average Bonchev–Trinajstić information content (AvgIpc) is 2.64. The Balaban J connectivity index is 2.13. The normalized spacial score (nSPS) is 17.9. The molecule has 4 nitrogen and oxygen atoms in total. The molecule has 1 saturated carbocycles. The van der Waals surface area contributed by atoms with Crippen LogP contribution in [0.3, 0.4) is 0 Å². The number of H-pyrrole nitrogens is 1. The van der Waals surface area contributed by atoms with E-state index in [1.165, 1.54) is 25.7 Å². The minimum Gasteiger partial charge on any atom is -0.310 e. The van der Waals surface area contributed by atoms with Crippen LogP contribution >= 0.6 is 0 Å². The van der Waals surface area contributed by atoms with Gasteiger partial charge in [0.2, 0.25) is 0 Å². The van der Waals surface area contributed by atoms with E-state index in [1.54, 1.807) is 6.07 Å². The Labute approximate surface area is 121 Å². The van der Waals surface area contributed by atoms with E-state index in [0.717, 1.165) is 24.4 Å². The molecule has 0 radical (unpaired) electrons. The molecule has 1 aromatic rings. The summed E-state index contributed by atoms with van der Waals surface area (Å²) in [4.78, 5) is 19.5. The van der Waals surface area contributed by atoms with Crippen LogP contribution < -0.4 is 10.9 Å². The highest BCUT2D eigenvalue weighted by atomic mass is 16.1. The Bertz CT molecular complexity index is 479. The maximum atomic E-state index is 11.8. The first-order valence-corrected chi connectivity index (χ1v) is 7.79. The molecule has 0 bridgehead atoms. The van der Waals surface area contributed by atoms with Crippen LogP contribution in [0.15, 0.2) is 10.9 Å². The van der Waals surface area contributed by atoms with Crippen molar-refractivity contribution in [1.82, 2.24) is 15.3 Å². The zero-order valence-corrected chi connectivity index (χ0v) is 13.0. The molecular weight excluding hydrogens is 250 g/mol. The van der Waals surface area contributed by atoms with Crippen LogP contribution in [0.1, 0.15) is 76.7 Å². The monoisotopic (exact) mass is 277 g/mol. The topological polar surface area (TPSA) is 57.8 Å². The highest BCUT2D eigenvalue weighted by molar-refractivity contribution is 5.07. The summed E-state index contributed by atoms with van der Waals surface area (Å²) < 4.78 is 0. The summed E-state index contributed by atoms with van der Waals surface area (Å²) in [5.74, 6) is 1.32. The van der Waals surface area contributed by atoms with Gasteiger partial charge in [0, 0.05) is 24.1 Å². The summed E-state index contributed by atoms with van der Waals surface area (Å²) in [6, 6.07) is 1.61. The molecule has 0 amide bonds. The van der Waals surface area contributed by atoms with Gasteiger partial charge in [0.25, 0.3) is 5.56 Å². The fourth-order valence-electron chi connectivity index (χ4n) is 2.72. The van der Waals surface area contributed by atoms with Gasteiger partial charge in [-0.05, 0) is 33.6 Å². The number of rotatable bonds is 3. The van der Waals surface area contributed by atoms with Crippen molar-refractivity contribution in [2.75, 3.05) is 0 Å². The van der Waals surface area contributed by atoms with Crippen molar-refractivity contribution in [3.63, 3.8) is 0 Å². The third-order valence-corrected chi connectivity index (χ3v) is 3.85. The van der Waals surface area contributed by atoms with Gasteiger partial charge in [0.05, 0.1) is 5.69 Å². The van der Waals surface area contributed by atoms with E-state index in [-0.39, 0.29) is 11.1 Å². The van der Waals surface area contributed by atoms with Gasteiger partial charge in [-0.2, -0.15) is 0 Å². The number of aromatic nitrogens is 2. The van der Waals surface area contributed by atoms with Crippen molar-refractivity contribution in [1.29, 1.82) is 0 Å². The van der Waals surface area contributed by atoms with Crippen molar-refractivity contribution in [3.05, 3.63) is 27.9 Å². The Morgan fingerprint density at radius 1 is 1.25 bits per heavy atom. The van der Waals surface area contributed by atoms with Crippen molar-refractivity contribution < 1.29 is 0 Å². The van der Waals surface area contributed by atoms with E-state index in [9.17, 15) is 4.79 Å². The van der Waals surface area contributed by atoms with E-state index in [0.29, 0.717) is 12.5 Å². The van der Waals surface area contributed by atoms with Crippen LogP contribution in [-0.4, -0.2) is 15.5 Å². The minimum absolute atomic E-state index is 0.0232. The zero-order chi connectivity index (χ0) is 14.6. The van der Waals surface area contributed by atoms with Crippen molar-refractivity contribution in [2.45, 2.75) is 77.3 Å². The van der Waals surface area contributed by atoms with Crippen LogP contribution in [0.25, 0.3) is 0 Å². The lowest BCUT2D eigenvalue weighted by atomic mass is 9.99. The largest absolute Gasteiger partial charge is 0.310 e. The number of nitrogens with zero attached hydrogens (tertiary/aromatic N) is 1. The van der Waals surface area contributed by atoms with Gasteiger partial charge >= 0.3 is 0 Å². The minimum atomic E-state index is -0.0232. The van der Waals surface area contributed by atoms with E-state index >= 15 is 0 Å². The molecule has 20 heavy (non-hydrogen) atoms. The number of aromatic amines is 1. The lowest BCUT2D eigenvalue weighted by Gasteiger charge is -2.20. The highest BCUT2D eigenvalue weighted by Crippen LogP contribution is 2.29. The van der Waals surface area contributed by atoms with E-state index < -0.39 is 0 Å². The molecule has 0 saturated heterocycles.